The van der Waals surface area contributed by atoms with Gasteiger partial charge in [0.25, 0.3) is 0 Å². The Kier molecular flexibility index (Phi) is 5.04. The van der Waals surface area contributed by atoms with Gasteiger partial charge in [-0.15, -0.1) is 0 Å². The summed E-state index contributed by atoms with van der Waals surface area (Å²) in [4.78, 5) is 11.6. The van der Waals surface area contributed by atoms with E-state index in [1.807, 2.05) is 12.1 Å². The van der Waals surface area contributed by atoms with Crippen LogP contribution < -0.4 is 0 Å². The molecule has 0 N–H and O–H groups in total. The molecule has 25 heavy (non-hydrogen) atoms. The first kappa shape index (κ1) is 16.6. The fourth-order valence-corrected chi connectivity index (χ4v) is 3.91. The molecule has 2 aromatic rings. The number of hydrogen-bond donors (Lipinski definition) is 0. The van der Waals surface area contributed by atoms with Gasteiger partial charge in [-0.25, -0.2) is 14.4 Å². The minimum atomic E-state index is -0.216. The second kappa shape index (κ2) is 7.58. The number of rotatable bonds is 3. The van der Waals surface area contributed by atoms with Crippen molar-refractivity contribution in [3.8, 4) is 11.3 Å². The smallest absolute Gasteiger partial charge is 0.123 e. The molecule has 0 saturated carbocycles. The minimum absolute atomic E-state index is 0.216. The normalized spacial score (nSPS) is 19.4. The first-order chi connectivity index (χ1) is 12.3. The lowest BCUT2D eigenvalue weighted by Crippen LogP contribution is -2.34. The van der Waals surface area contributed by atoms with Gasteiger partial charge >= 0.3 is 0 Å². The van der Waals surface area contributed by atoms with E-state index in [2.05, 4.69) is 14.9 Å². The molecule has 5 heteroatoms. The van der Waals surface area contributed by atoms with Crippen molar-refractivity contribution < 1.29 is 9.13 Å². The maximum atomic E-state index is 13.2. The molecule has 132 valence electrons. The molecule has 1 saturated heterocycles. The average Bonchev–Trinajstić information content (AvgIpc) is 2.86. The summed E-state index contributed by atoms with van der Waals surface area (Å²) >= 11 is 0. The van der Waals surface area contributed by atoms with Crippen LogP contribution in [0.3, 0.4) is 0 Å². The molecule has 2 aliphatic rings. The van der Waals surface area contributed by atoms with Crippen molar-refractivity contribution in [1.29, 1.82) is 0 Å². The van der Waals surface area contributed by atoms with Gasteiger partial charge in [0, 0.05) is 56.1 Å². The van der Waals surface area contributed by atoms with Crippen molar-refractivity contribution in [2.75, 3.05) is 32.8 Å². The topological polar surface area (TPSA) is 38.2 Å². The number of halogens is 1. The third kappa shape index (κ3) is 3.88. The second-order valence-electron chi connectivity index (χ2n) is 7.01. The Bertz CT molecular complexity index is 713. The number of fused-ring (bicyclic) bond motifs is 1. The fraction of sp³-hybridized carbons (Fsp3) is 0.500. The van der Waals surface area contributed by atoms with Crippen LogP contribution in [-0.2, 0) is 17.6 Å². The van der Waals surface area contributed by atoms with Gasteiger partial charge in [-0.3, -0.25) is 0 Å². The van der Waals surface area contributed by atoms with Gasteiger partial charge in [0.2, 0.25) is 0 Å². The predicted molar refractivity (Wildman–Crippen MR) is 94.8 cm³/mol. The second-order valence-corrected chi connectivity index (χ2v) is 7.01. The Labute approximate surface area is 148 Å². The van der Waals surface area contributed by atoms with E-state index in [0.717, 1.165) is 68.6 Å². The molecule has 1 aromatic carbocycles. The van der Waals surface area contributed by atoms with E-state index < -0.39 is 0 Å². The summed E-state index contributed by atoms with van der Waals surface area (Å²) in [5.41, 5.74) is 4.29. The average molecular weight is 341 g/mol. The van der Waals surface area contributed by atoms with Crippen LogP contribution in [0.5, 0.6) is 0 Å². The highest BCUT2D eigenvalue weighted by molar-refractivity contribution is 5.63. The summed E-state index contributed by atoms with van der Waals surface area (Å²) in [6, 6.07) is 6.61. The third-order valence-corrected chi connectivity index (χ3v) is 5.35. The summed E-state index contributed by atoms with van der Waals surface area (Å²) in [6.07, 6.45) is 5.89. The van der Waals surface area contributed by atoms with Gasteiger partial charge in [0.05, 0.1) is 5.69 Å². The molecule has 2 aliphatic heterocycles. The van der Waals surface area contributed by atoms with Crippen LogP contribution in [0.1, 0.15) is 24.1 Å². The summed E-state index contributed by atoms with van der Waals surface area (Å²) < 4.78 is 18.7. The number of nitrogens with zero attached hydrogens (tertiary/aromatic N) is 3. The summed E-state index contributed by atoms with van der Waals surface area (Å²) in [5.74, 6) is 0.532. The van der Waals surface area contributed by atoms with Crippen molar-refractivity contribution in [2.24, 2.45) is 5.92 Å². The molecule has 3 heterocycles. The molecule has 4 nitrogen and oxygen atoms in total. The lowest BCUT2D eigenvalue weighted by Gasteiger charge is -2.28. The van der Waals surface area contributed by atoms with Crippen LogP contribution in [-0.4, -0.2) is 47.7 Å². The zero-order valence-corrected chi connectivity index (χ0v) is 14.5. The van der Waals surface area contributed by atoms with Crippen molar-refractivity contribution in [2.45, 2.75) is 25.7 Å². The Hall–Kier alpha value is -1.85. The summed E-state index contributed by atoms with van der Waals surface area (Å²) in [5, 5.41) is 0. The molecule has 1 fully saturated rings. The molecular weight excluding hydrogens is 317 g/mol. The summed E-state index contributed by atoms with van der Waals surface area (Å²) in [6.45, 7) is 5.03. The molecular formula is C20H24FN3O. The van der Waals surface area contributed by atoms with Gasteiger partial charge in [-0.2, -0.15) is 0 Å². The molecule has 0 atom stereocenters. The first-order valence-corrected chi connectivity index (χ1v) is 9.18. The standard InChI is InChI=1S/C20H24FN3O/c21-17-3-1-16(2-4-17)20-18-5-9-24(10-6-19(18)22-14-23-20)13-15-7-11-25-12-8-15/h1-4,14-15H,5-13H2. The Morgan fingerprint density at radius 2 is 1.80 bits per heavy atom. The van der Waals surface area contributed by atoms with E-state index in [9.17, 15) is 4.39 Å². The van der Waals surface area contributed by atoms with Crippen LogP contribution in [0.15, 0.2) is 30.6 Å². The monoisotopic (exact) mass is 341 g/mol. The van der Waals surface area contributed by atoms with Gasteiger partial charge in [-0.1, -0.05) is 0 Å². The van der Waals surface area contributed by atoms with Crippen LogP contribution in [0.2, 0.25) is 0 Å². The van der Waals surface area contributed by atoms with Crippen LogP contribution in [0.4, 0.5) is 4.39 Å². The largest absolute Gasteiger partial charge is 0.381 e. The molecule has 4 rings (SSSR count). The van der Waals surface area contributed by atoms with Crippen LogP contribution in [0, 0.1) is 11.7 Å². The van der Waals surface area contributed by atoms with Crippen molar-refractivity contribution in [3.05, 3.63) is 47.7 Å². The lowest BCUT2D eigenvalue weighted by molar-refractivity contribution is 0.0530. The number of hydrogen-bond acceptors (Lipinski definition) is 4. The van der Waals surface area contributed by atoms with Crippen molar-refractivity contribution in [3.63, 3.8) is 0 Å². The van der Waals surface area contributed by atoms with E-state index in [-0.39, 0.29) is 5.82 Å². The molecule has 0 unspecified atom stereocenters. The molecule has 0 bridgehead atoms. The number of ether oxygens (including phenoxy) is 1. The number of aromatic nitrogens is 2. The fourth-order valence-electron chi connectivity index (χ4n) is 3.91. The zero-order chi connectivity index (χ0) is 17.1. The van der Waals surface area contributed by atoms with E-state index in [1.165, 1.54) is 30.5 Å². The quantitative estimate of drug-likeness (QED) is 0.860. The van der Waals surface area contributed by atoms with E-state index in [0.29, 0.717) is 0 Å². The highest BCUT2D eigenvalue weighted by Crippen LogP contribution is 2.26. The Morgan fingerprint density at radius 3 is 2.60 bits per heavy atom. The third-order valence-electron chi connectivity index (χ3n) is 5.35. The van der Waals surface area contributed by atoms with Gasteiger partial charge < -0.3 is 9.64 Å². The van der Waals surface area contributed by atoms with Gasteiger partial charge in [0.1, 0.15) is 12.1 Å². The molecule has 1 aromatic heterocycles. The first-order valence-electron chi connectivity index (χ1n) is 9.18. The number of benzene rings is 1. The van der Waals surface area contributed by atoms with Crippen LogP contribution in [0.25, 0.3) is 11.3 Å². The molecule has 0 aliphatic carbocycles. The lowest BCUT2D eigenvalue weighted by atomic mass is 9.99. The highest BCUT2D eigenvalue weighted by atomic mass is 19.1. The van der Waals surface area contributed by atoms with E-state index in [4.69, 9.17) is 4.74 Å². The molecule has 0 amide bonds. The maximum absolute atomic E-state index is 13.2. The Balaban J connectivity index is 1.51. The van der Waals surface area contributed by atoms with Crippen LogP contribution >= 0.6 is 0 Å². The minimum Gasteiger partial charge on any atom is -0.381 e. The van der Waals surface area contributed by atoms with Gasteiger partial charge in [0.15, 0.2) is 0 Å². The Morgan fingerprint density at radius 1 is 1.04 bits per heavy atom. The zero-order valence-electron chi connectivity index (χ0n) is 14.5. The van der Waals surface area contributed by atoms with E-state index in [1.54, 1.807) is 6.33 Å². The van der Waals surface area contributed by atoms with Crippen molar-refractivity contribution in [1.82, 2.24) is 14.9 Å². The summed E-state index contributed by atoms with van der Waals surface area (Å²) in [7, 11) is 0. The SMILES string of the molecule is Fc1ccc(-c2ncnc3c2CCN(CC2CCOCC2)CC3)cc1. The van der Waals surface area contributed by atoms with Crippen molar-refractivity contribution >= 4 is 0 Å². The molecule has 0 spiro atoms. The highest BCUT2D eigenvalue weighted by Gasteiger charge is 2.22. The van der Waals surface area contributed by atoms with Gasteiger partial charge in [-0.05, 0) is 49.4 Å². The molecule has 0 radical (unpaired) electrons. The van der Waals surface area contributed by atoms with E-state index >= 15 is 0 Å². The maximum Gasteiger partial charge on any atom is 0.123 e. The predicted octanol–water partition coefficient (Wildman–Crippen LogP) is 3.11.